The average molecular weight is 279 g/mol. The van der Waals surface area contributed by atoms with E-state index in [2.05, 4.69) is 0 Å². The first-order chi connectivity index (χ1) is 8.61. The van der Waals surface area contributed by atoms with Crippen LogP contribution < -0.4 is 0 Å². The maximum atomic E-state index is 12.1. The van der Waals surface area contributed by atoms with Crippen molar-refractivity contribution in [3.05, 3.63) is 34.7 Å². The van der Waals surface area contributed by atoms with Gasteiger partial charge in [0.1, 0.15) is 10.1 Å². The number of hydrogen-bond donors (Lipinski definition) is 1. The number of aromatic hydroxyl groups is 1. The van der Waals surface area contributed by atoms with Gasteiger partial charge in [0.15, 0.2) is 0 Å². The summed E-state index contributed by atoms with van der Waals surface area (Å²) in [7, 11) is 0. The van der Waals surface area contributed by atoms with Crippen molar-refractivity contribution in [1.82, 2.24) is 4.90 Å². The van der Waals surface area contributed by atoms with Crippen LogP contribution in [-0.2, 0) is 4.79 Å². The standard InChI is InChI=1S/C13H13NO2S2/c1-2-6-14-12(16)11(18-13(14)17)8-9-4-3-5-10(15)7-9/h3-5,7-8,15H,2,6H2,1H3. The van der Waals surface area contributed by atoms with E-state index in [-0.39, 0.29) is 11.7 Å². The number of phenols is 1. The van der Waals surface area contributed by atoms with E-state index < -0.39 is 0 Å². The minimum absolute atomic E-state index is 0.0461. The summed E-state index contributed by atoms with van der Waals surface area (Å²) in [6.45, 7) is 2.67. The zero-order chi connectivity index (χ0) is 13.1. The third-order valence-electron chi connectivity index (χ3n) is 2.49. The second-order valence-electron chi connectivity index (χ2n) is 3.93. The van der Waals surface area contributed by atoms with Gasteiger partial charge in [0.2, 0.25) is 0 Å². The molecule has 1 amide bonds. The van der Waals surface area contributed by atoms with E-state index >= 15 is 0 Å². The van der Waals surface area contributed by atoms with Crippen LogP contribution in [0.1, 0.15) is 18.9 Å². The Balaban J connectivity index is 2.25. The molecule has 1 aromatic rings. The predicted molar refractivity (Wildman–Crippen MR) is 78.3 cm³/mol. The lowest BCUT2D eigenvalue weighted by atomic mass is 10.2. The Morgan fingerprint density at radius 2 is 2.28 bits per heavy atom. The van der Waals surface area contributed by atoms with E-state index in [0.717, 1.165) is 12.0 Å². The number of nitrogens with zero attached hydrogens (tertiary/aromatic N) is 1. The molecule has 1 fully saturated rings. The number of hydrogen-bond acceptors (Lipinski definition) is 4. The molecule has 94 valence electrons. The third-order valence-corrected chi connectivity index (χ3v) is 3.87. The van der Waals surface area contributed by atoms with Gasteiger partial charge in [-0.1, -0.05) is 43.0 Å². The topological polar surface area (TPSA) is 40.5 Å². The summed E-state index contributed by atoms with van der Waals surface area (Å²) >= 11 is 6.49. The van der Waals surface area contributed by atoms with Gasteiger partial charge in [0.05, 0.1) is 4.91 Å². The number of thioether (sulfide) groups is 1. The summed E-state index contributed by atoms with van der Waals surface area (Å²) in [6, 6.07) is 6.80. The van der Waals surface area contributed by atoms with E-state index in [1.54, 1.807) is 29.2 Å². The molecule has 2 rings (SSSR count). The minimum Gasteiger partial charge on any atom is -0.508 e. The smallest absolute Gasteiger partial charge is 0.266 e. The first-order valence-corrected chi connectivity index (χ1v) is 6.88. The Morgan fingerprint density at radius 1 is 1.50 bits per heavy atom. The molecule has 3 nitrogen and oxygen atoms in total. The molecule has 0 spiro atoms. The van der Waals surface area contributed by atoms with Gasteiger partial charge in [-0.05, 0) is 30.2 Å². The highest BCUT2D eigenvalue weighted by Crippen LogP contribution is 2.32. The zero-order valence-electron chi connectivity index (χ0n) is 9.92. The Hall–Kier alpha value is -1.33. The van der Waals surface area contributed by atoms with E-state index in [1.807, 2.05) is 13.0 Å². The molecular formula is C13H13NO2S2. The molecule has 1 saturated heterocycles. The van der Waals surface area contributed by atoms with Crippen molar-refractivity contribution in [2.45, 2.75) is 13.3 Å². The second-order valence-corrected chi connectivity index (χ2v) is 5.60. The SMILES string of the molecule is CCCN1C(=O)C(=Cc2cccc(O)c2)SC1=S. The molecule has 0 aromatic heterocycles. The molecule has 1 heterocycles. The fourth-order valence-electron chi connectivity index (χ4n) is 1.68. The first-order valence-electron chi connectivity index (χ1n) is 5.66. The molecule has 0 unspecified atom stereocenters. The van der Waals surface area contributed by atoms with Gasteiger partial charge in [-0.15, -0.1) is 0 Å². The van der Waals surface area contributed by atoms with Gasteiger partial charge in [-0.25, -0.2) is 0 Å². The van der Waals surface area contributed by atoms with Crippen molar-refractivity contribution in [3.8, 4) is 5.75 Å². The van der Waals surface area contributed by atoms with Gasteiger partial charge in [-0.2, -0.15) is 0 Å². The van der Waals surface area contributed by atoms with Crippen LogP contribution in [0.4, 0.5) is 0 Å². The second kappa shape index (κ2) is 5.54. The van der Waals surface area contributed by atoms with Crippen molar-refractivity contribution in [2.75, 3.05) is 6.54 Å². The van der Waals surface area contributed by atoms with Crippen LogP contribution in [0.5, 0.6) is 5.75 Å². The zero-order valence-corrected chi connectivity index (χ0v) is 11.6. The van der Waals surface area contributed by atoms with Crippen molar-refractivity contribution in [1.29, 1.82) is 0 Å². The van der Waals surface area contributed by atoms with Crippen LogP contribution in [-0.4, -0.2) is 26.8 Å². The lowest BCUT2D eigenvalue weighted by Gasteiger charge is -2.11. The Morgan fingerprint density at radius 3 is 2.94 bits per heavy atom. The maximum absolute atomic E-state index is 12.1. The molecule has 0 radical (unpaired) electrons. The summed E-state index contributed by atoms with van der Waals surface area (Å²) in [5.41, 5.74) is 0.798. The molecule has 1 aliphatic heterocycles. The third kappa shape index (κ3) is 2.73. The molecule has 5 heteroatoms. The van der Waals surface area contributed by atoms with E-state index in [4.69, 9.17) is 12.2 Å². The maximum Gasteiger partial charge on any atom is 0.266 e. The predicted octanol–water partition coefficient (Wildman–Crippen LogP) is 3.00. The highest BCUT2D eigenvalue weighted by atomic mass is 32.2. The van der Waals surface area contributed by atoms with Crippen LogP contribution in [0.2, 0.25) is 0 Å². The van der Waals surface area contributed by atoms with Crippen LogP contribution in [0.15, 0.2) is 29.2 Å². The number of rotatable bonds is 3. The van der Waals surface area contributed by atoms with Crippen molar-refractivity contribution in [2.24, 2.45) is 0 Å². The Kier molecular flexibility index (Phi) is 4.04. The molecule has 1 aromatic carbocycles. The van der Waals surface area contributed by atoms with Gasteiger partial charge >= 0.3 is 0 Å². The molecule has 0 aliphatic carbocycles. The van der Waals surface area contributed by atoms with Crippen molar-refractivity contribution < 1.29 is 9.90 Å². The fourth-order valence-corrected chi connectivity index (χ4v) is 2.99. The number of benzene rings is 1. The van der Waals surface area contributed by atoms with Crippen molar-refractivity contribution in [3.63, 3.8) is 0 Å². The summed E-state index contributed by atoms with van der Waals surface area (Å²) in [4.78, 5) is 14.3. The normalized spacial score (nSPS) is 17.8. The summed E-state index contributed by atoms with van der Waals surface area (Å²) in [6.07, 6.45) is 2.64. The van der Waals surface area contributed by atoms with Crippen LogP contribution >= 0.6 is 24.0 Å². The lowest BCUT2D eigenvalue weighted by Crippen LogP contribution is -2.28. The van der Waals surface area contributed by atoms with E-state index in [1.165, 1.54) is 11.8 Å². The fraction of sp³-hybridized carbons (Fsp3) is 0.231. The largest absolute Gasteiger partial charge is 0.508 e. The molecule has 18 heavy (non-hydrogen) atoms. The van der Waals surface area contributed by atoms with Crippen LogP contribution in [0.25, 0.3) is 6.08 Å². The van der Waals surface area contributed by atoms with E-state index in [0.29, 0.717) is 15.8 Å². The molecule has 1 aliphatic rings. The number of carbonyl (C=O) groups excluding carboxylic acids is 1. The monoisotopic (exact) mass is 279 g/mol. The highest BCUT2D eigenvalue weighted by molar-refractivity contribution is 8.26. The van der Waals surface area contributed by atoms with E-state index in [9.17, 15) is 9.90 Å². The summed E-state index contributed by atoms with van der Waals surface area (Å²) in [5, 5.41) is 9.38. The molecule has 0 atom stereocenters. The highest BCUT2D eigenvalue weighted by Gasteiger charge is 2.30. The number of phenolic OH excluding ortho intramolecular Hbond substituents is 1. The van der Waals surface area contributed by atoms with Crippen molar-refractivity contribution >= 4 is 40.3 Å². The number of carbonyl (C=O) groups is 1. The van der Waals surface area contributed by atoms with Crippen LogP contribution in [0, 0.1) is 0 Å². The van der Waals surface area contributed by atoms with Gasteiger partial charge in [0, 0.05) is 6.54 Å². The number of amides is 1. The lowest BCUT2D eigenvalue weighted by molar-refractivity contribution is -0.122. The minimum atomic E-state index is -0.0461. The molecule has 0 bridgehead atoms. The van der Waals surface area contributed by atoms with Gasteiger partial charge in [-0.3, -0.25) is 9.69 Å². The number of thiocarbonyl (C=S) groups is 1. The average Bonchev–Trinajstić information content (AvgIpc) is 2.57. The Labute approximate surface area is 115 Å². The van der Waals surface area contributed by atoms with Crippen LogP contribution in [0.3, 0.4) is 0 Å². The summed E-state index contributed by atoms with van der Waals surface area (Å²) < 4.78 is 0.605. The Bertz CT molecular complexity index is 525. The molecular weight excluding hydrogens is 266 g/mol. The molecule has 1 N–H and O–H groups in total. The summed E-state index contributed by atoms with van der Waals surface area (Å²) in [5.74, 6) is 0.142. The van der Waals surface area contributed by atoms with Gasteiger partial charge < -0.3 is 5.11 Å². The quantitative estimate of drug-likeness (QED) is 0.682. The van der Waals surface area contributed by atoms with Gasteiger partial charge in [0.25, 0.3) is 5.91 Å². The molecule has 0 saturated carbocycles. The first kappa shape index (κ1) is 13.1.